The normalized spacial score (nSPS) is 21.0. The fourth-order valence-corrected chi connectivity index (χ4v) is 6.79. The summed E-state index contributed by atoms with van der Waals surface area (Å²) in [6.07, 6.45) is 3.05. The minimum atomic E-state index is -2.87. The number of para-hydroxylation sites is 1. The number of aromatic nitrogens is 2. The van der Waals surface area contributed by atoms with Gasteiger partial charge in [-0.3, -0.25) is 14.6 Å². The van der Waals surface area contributed by atoms with Crippen LogP contribution in [-0.4, -0.2) is 61.6 Å². The monoisotopic (exact) mass is 594 g/mol. The van der Waals surface area contributed by atoms with Crippen molar-refractivity contribution in [2.75, 3.05) is 48.4 Å². The van der Waals surface area contributed by atoms with Gasteiger partial charge in [0.15, 0.2) is 5.82 Å². The van der Waals surface area contributed by atoms with Gasteiger partial charge in [-0.15, -0.1) is 0 Å². The number of pyridine rings is 2. The van der Waals surface area contributed by atoms with Gasteiger partial charge in [-0.2, -0.15) is 0 Å². The first-order valence-corrected chi connectivity index (χ1v) is 14.6. The Kier molecular flexibility index (Phi) is 7.51. The summed E-state index contributed by atoms with van der Waals surface area (Å²) in [5.74, 6) is 0.688. The van der Waals surface area contributed by atoms with Crippen molar-refractivity contribution < 1.29 is 18.4 Å². The average molecular weight is 595 g/mol. The molecular weight excluding hydrogens is 562 g/mol. The molecule has 2 aromatic heterocycles. The van der Waals surface area contributed by atoms with Crippen LogP contribution in [0.3, 0.4) is 0 Å². The summed E-state index contributed by atoms with van der Waals surface area (Å²) in [7, 11) is 3.98. The zero-order valence-corrected chi connectivity index (χ0v) is 24.3. The summed E-state index contributed by atoms with van der Waals surface area (Å²) in [5, 5.41) is 3.03. The Bertz CT molecular complexity index is 1500. The Morgan fingerprint density at radius 3 is 2.57 bits per heavy atom. The van der Waals surface area contributed by atoms with E-state index in [1.54, 1.807) is 6.20 Å². The fraction of sp³-hybridized carbons (Fsp3) is 0.419. The van der Waals surface area contributed by atoms with Crippen LogP contribution in [0.15, 0.2) is 54.9 Å². The lowest BCUT2D eigenvalue weighted by atomic mass is 9.74. The maximum absolute atomic E-state index is 14.1. The number of hydrogen-bond donors (Lipinski definition) is 1. The molecule has 0 unspecified atom stereocenters. The van der Waals surface area contributed by atoms with Crippen LogP contribution in [0, 0.1) is 5.92 Å². The predicted octanol–water partition coefficient (Wildman–Crippen LogP) is 5.23. The summed E-state index contributed by atoms with van der Waals surface area (Å²) >= 11 is 5.92. The molecule has 3 aromatic rings. The number of alkyl halides is 2. The smallest absolute Gasteiger partial charge is 0.281 e. The van der Waals surface area contributed by atoms with Crippen LogP contribution in [0.2, 0.25) is 5.02 Å². The number of carbonyl (C=O) groups excluding carboxylic acids is 2. The number of fused-ring (bicyclic) bond motifs is 2. The molecule has 3 aliphatic rings. The fourth-order valence-electron chi connectivity index (χ4n) is 6.64. The maximum Gasteiger partial charge on any atom is 0.281 e. The summed E-state index contributed by atoms with van der Waals surface area (Å²) < 4.78 is 26.8. The quantitative estimate of drug-likeness (QED) is 0.404. The first kappa shape index (κ1) is 28.3. The van der Waals surface area contributed by atoms with E-state index in [4.69, 9.17) is 11.6 Å². The molecule has 1 N–H and O–H groups in total. The van der Waals surface area contributed by atoms with Gasteiger partial charge in [0.05, 0.1) is 16.3 Å². The van der Waals surface area contributed by atoms with Crippen molar-refractivity contribution in [3.8, 4) is 0 Å². The van der Waals surface area contributed by atoms with Gasteiger partial charge in [0, 0.05) is 57.9 Å². The Morgan fingerprint density at radius 2 is 1.86 bits per heavy atom. The maximum atomic E-state index is 14.1. The first-order chi connectivity index (χ1) is 20.2. The van der Waals surface area contributed by atoms with Crippen molar-refractivity contribution in [2.24, 2.45) is 5.92 Å². The van der Waals surface area contributed by atoms with Crippen molar-refractivity contribution in [3.05, 3.63) is 76.7 Å². The highest BCUT2D eigenvalue weighted by Crippen LogP contribution is 2.49. The number of nitrogens with one attached hydrogen (secondary N) is 1. The van der Waals surface area contributed by atoms with E-state index in [-0.39, 0.29) is 28.5 Å². The molecule has 220 valence electrons. The second kappa shape index (κ2) is 11.1. The zero-order valence-electron chi connectivity index (χ0n) is 23.6. The predicted molar refractivity (Wildman–Crippen MR) is 159 cm³/mol. The molecule has 42 heavy (non-hydrogen) atoms. The molecule has 11 heteroatoms. The SMILES string of the molecule is CN(C)c1cccnc1N1CC2(C1)C(=O)N(CC1CCC(NC(=O)c3cc(Cl)cnc3C(F)F)CC1)c1ccccc12. The minimum Gasteiger partial charge on any atom is -0.375 e. The average Bonchev–Trinajstić information content (AvgIpc) is 3.20. The third-order valence-electron chi connectivity index (χ3n) is 8.79. The molecule has 4 heterocycles. The van der Waals surface area contributed by atoms with Crippen molar-refractivity contribution in [1.29, 1.82) is 0 Å². The van der Waals surface area contributed by atoms with Crippen LogP contribution >= 0.6 is 11.6 Å². The third kappa shape index (κ3) is 4.95. The molecule has 2 aliphatic heterocycles. The Balaban J connectivity index is 1.11. The number of anilines is 3. The molecule has 1 aliphatic carbocycles. The molecule has 2 amide bonds. The minimum absolute atomic E-state index is 0.130. The number of nitrogens with zero attached hydrogens (tertiary/aromatic N) is 5. The first-order valence-electron chi connectivity index (χ1n) is 14.2. The highest BCUT2D eigenvalue weighted by atomic mass is 35.5. The van der Waals surface area contributed by atoms with Gasteiger partial charge >= 0.3 is 0 Å². The van der Waals surface area contributed by atoms with E-state index in [2.05, 4.69) is 26.3 Å². The van der Waals surface area contributed by atoms with Gasteiger partial charge in [0.2, 0.25) is 5.91 Å². The van der Waals surface area contributed by atoms with E-state index < -0.39 is 23.4 Å². The summed E-state index contributed by atoms with van der Waals surface area (Å²) in [6.45, 7) is 1.77. The third-order valence-corrected chi connectivity index (χ3v) is 9.00. The number of hydrogen-bond acceptors (Lipinski definition) is 6. The number of carbonyl (C=O) groups is 2. The van der Waals surface area contributed by atoms with Gasteiger partial charge in [0.25, 0.3) is 12.3 Å². The summed E-state index contributed by atoms with van der Waals surface area (Å²) in [6, 6.07) is 13.1. The standard InChI is InChI=1S/C31H33ClF2N6O2/c1-38(2)25-8-5-13-35-28(25)39-17-31(18-39)23-6-3-4-7-24(23)40(30(31)42)16-19-9-11-21(12-10-19)37-29(41)22-14-20(32)15-36-26(22)27(33)34/h3-8,13-15,19,21,27H,9-12,16-18H2,1-2H3,(H,37,41). The van der Waals surface area contributed by atoms with Crippen LogP contribution < -0.4 is 20.0 Å². The Labute approximate surface area is 248 Å². The summed E-state index contributed by atoms with van der Waals surface area (Å²) in [4.78, 5) is 41.3. The molecule has 0 bridgehead atoms. The largest absolute Gasteiger partial charge is 0.375 e. The molecule has 1 spiro atoms. The number of amides is 2. The van der Waals surface area contributed by atoms with E-state index in [0.717, 1.165) is 41.8 Å². The van der Waals surface area contributed by atoms with E-state index >= 15 is 0 Å². The highest BCUT2D eigenvalue weighted by Gasteiger charge is 2.58. The van der Waals surface area contributed by atoms with Crippen molar-refractivity contribution in [2.45, 2.75) is 43.6 Å². The van der Waals surface area contributed by atoms with Crippen molar-refractivity contribution >= 4 is 40.6 Å². The lowest BCUT2D eigenvalue weighted by molar-refractivity contribution is -0.124. The molecule has 8 nitrogen and oxygen atoms in total. The highest BCUT2D eigenvalue weighted by molar-refractivity contribution is 6.30. The van der Waals surface area contributed by atoms with Crippen LogP contribution in [0.1, 0.15) is 53.7 Å². The second-order valence-corrected chi connectivity index (χ2v) is 12.1. The second-order valence-electron chi connectivity index (χ2n) is 11.7. The Hall–Kier alpha value is -3.79. The van der Waals surface area contributed by atoms with Crippen molar-refractivity contribution in [1.82, 2.24) is 15.3 Å². The van der Waals surface area contributed by atoms with Gasteiger partial charge in [0.1, 0.15) is 11.1 Å². The molecule has 0 radical (unpaired) electrons. The van der Waals surface area contributed by atoms with Gasteiger partial charge in [-0.1, -0.05) is 29.8 Å². The van der Waals surface area contributed by atoms with Crippen LogP contribution in [0.4, 0.5) is 26.0 Å². The van der Waals surface area contributed by atoms with E-state index in [0.29, 0.717) is 32.5 Å². The van der Waals surface area contributed by atoms with E-state index in [9.17, 15) is 18.4 Å². The summed E-state index contributed by atoms with van der Waals surface area (Å²) in [5.41, 5.74) is 1.71. The van der Waals surface area contributed by atoms with E-state index in [1.807, 2.05) is 54.2 Å². The van der Waals surface area contributed by atoms with Crippen molar-refractivity contribution in [3.63, 3.8) is 0 Å². The molecular formula is C31H33ClF2N6O2. The molecule has 1 saturated heterocycles. The topological polar surface area (TPSA) is 81.7 Å². The molecule has 6 rings (SSSR count). The lowest BCUT2D eigenvalue weighted by Gasteiger charge is -2.48. The number of benzene rings is 1. The molecule has 2 fully saturated rings. The van der Waals surface area contributed by atoms with E-state index in [1.165, 1.54) is 6.07 Å². The Morgan fingerprint density at radius 1 is 1.12 bits per heavy atom. The molecule has 1 aromatic carbocycles. The molecule has 0 atom stereocenters. The van der Waals surface area contributed by atoms with Gasteiger partial charge in [-0.25, -0.2) is 13.8 Å². The number of halogens is 3. The van der Waals surface area contributed by atoms with Gasteiger partial charge < -0.3 is 20.0 Å². The zero-order chi connectivity index (χ0) is 29.6. The van der Waals surface area contributed by atoms with Crippen LogP contribution in [0.5, 0.6) is 0 Å². The molecule has 1 saturated carbocycles. The number of rotatable bonds is 7. The van der Waals surface area contributed by atoms with Crippen LogP contribution in [0.25, 0.3) is 0 Å². The van der Waals surface area contributed by atoms with Crippen LogP contribution in [-0.2, 0) is 10.2 Å². The van der Waals surface area contributed by atoms with Gasteiger partial charge in [-0.05, 0) is 61.4 Å². The lowest BCUT2D eigenvalue weighted by Crippen LogP contribution is -2.64.